The number of methoxy groups -OCH3 is 1. The van der Waals surface area contributed by atoms with Gasteiger partial charge in [-0.3, -0.25) is 4.79 Å². The lowest BCUT2D eigenvalue weighted by Gasteiger charge is -2.33. The third kappa shape index (κ3) is 4.63. The van der Waals surface area contributed by atoms with E-state index in [1.807, 2.05) is 78.3 Å². The van der Waals surface area contributed by atoms with Crippen molar-refractivity contribution in [1.29, 1.82) is 0 Å². The highest BCUT2D eigenvalue weighted by Gasteiger charge is 2.38. The molecule has 9 heteroatoms. The quantitative estimate of drug-likeness (QED) is 0.403. The highest BCUT2D eigenvalue weighted by Crippen LogP contribution is 2.39. The molecule has 1 aliphatic heterocycles. The molecule has 0 fully saturated rings. The Labute approximate surface area is 206 Å². The molecule has 2 atom stereocenters. The molecule has 0 bridgehead atoms. The molecule has 5 rings (SSSR count). The van der Waals surface area contributed by atoms with Crippen LogP contribution in [0.15, 0.2) is 84.0 Å². The van der Waals surface area contributed by atoms with E-state index in [0.29, 0.717) is 16.5 Å². The largest absolute Gasteiger partial charge is 0.465 e. The van der Waals surface area contributed by atoms with Gasteiger partial charge in [0.2, 0.25) is 11.1 Å². The normalized spacial score (nSPS) is 16.6. The van der Waals surface area contributed by atoms with E-state index >= 15 is 0 Å². The van der Waals surface area contributed by atoms with Crippen LogP contribution in [0.2, 0.25) is 0 Å². The minimum absolute atomic E-state index is 0.161. The van der Waals surface area contributed by atoms with E-state index in [0.717, 1.165) is 22.4 Å². The van der Waals surface area contributed by atoms with Crippen LogP contribution in [0.5, 0.6) is 0 Å². The monoisotopic (exact) mass is 485 g/mol. The van der Waals surface area contributed by atoms with Crippen molar-refractivity contribution >= 4 is 29.3 Å². The van der Waals surface area contributed by atoms with Gasteiger partial charge in [-0.1, -0.05) is 66.4 Å². The molecule has 3 aromatic carbocycles. The number of rotatable bonds is 5. The van der Waals surface area contributed by atoms with Crippen molar-refractivity contribution in [2.24, 2.45) is 0 Å². The Morgan fingerprint density at radius 2 is 1.77 bits per heavy atom. The molecule has 0 spiro atoms. The Hall–Kier alpha value is -4.11. The SMILES string of the molecule is COC(=O)c1ccc([C@@H]2Nn3c(nnc3-c3ccccc3)S[C@H]2C(=O)Nc2cccc(C)c2)cc1. The van der Waals surface area contributed by atoms with E-state index in [4.69, 9.17) is 4.74 Å². The lowest BCUT2D eigenvalue weighted by Crippen LogP contribution is -2.41. The number of amides is 1. The van der Waals surface area contributed by atoms with Crippen molar-refractivity contribution in [2.75, 3.05) is 17.9 Å². The van der Waals surface area contributed by atoms with Crippen molar-refractivity contribution in [3.63, 3.8) is 0 Å². The second kappa shape index (κ2) is 9.63. The Kier molecular flexibility index (Phi) is 6.24. The Balaban J connectivity index is 1.51. The number of anilines is 1. The number of esters is 1. The predicted molar refractivity (Wildman–Crippen MR) is 135 cm³/mol. The third-order valence-electron chi connectivity index (χ3n) is 5.70. The number of benzene rings is 3. The Bertz CT molecular complexity index is 1370. The van der Waals surface area contributed by atoms with Gasteiger partial charge in [0.25, 0.3) is 0 Å². The topological polar surface area (TPSA) is 98.1 Å². The number of carbonyl (C=O) groups is 2. The second-order valence-corrected chi connectivity index (χ2v) is 9.23. The van der Waals surface area contributed by atoms with Crippen molar-refractivity contribution in [2.45, 2.75) is 23.4 Å². The standard InChI is InChI=1S/C26H23N5O3S/c1-16-7-6-10-20(15-16)27-24(32)22-21(17-11-13-19(14-12-17)25(33)34-2)30-31-23(28-29-26(31)35-22)18-8-4-3-5-9-18/h3-15,21-22,30H,1-2H3,(H,27,32)/t21-,22+/m0/s1. The van der Waals surface area contributed by atoms with Gasteiger partial charge in [-0.05, 0) is 42.3 Å². The Morgan fingerprint density at radius 1 is 1.00 bits per heavy atom. The molecule has 4 aromatic rings. The first kappa shape index (κ1) is 22.7. The summed E-state index contributed by atoms with van der Waals surface area (Å²) in [6, 6.07) is 24.0. The van der Waals surface area contributed by atoms with Gasteiger partial charge in [0, 0.05) is 11.3 Å². The summed E-state index contributed by atoms with van der Waals surface area (Å²) >= 11 is 1.35. The average Bonchev–Trinajstić information content (AvgIpc) is 3.31. The minimum atomic E-state index is -0.542. The van der Waals surface area contributed by atoms with E-state index < -0.39 is 17.3 Å². The zero-order valence-electron chi connectivity index (χ0n) is 19.1. The number of fused-ring (bicyclic) bond motifs is 1. The smallest absolute Gasteiger partial charge is 0.337 e. The summed E-state index contributed by atoms with van der Waals surface area (Å²) in [7, 11) is 1.35. The molecule has 8 nitrogen and oxygen atoms in total. The first-order valence-electron chi connectivity index (χ1n) is 11.0. The predicted octanol–water partition coefficient (Wildman–Crippen LogP) is 4.44. The number of nitrogens with one attached hydrogen (secondary N) is 2. The van der Waals surface area contributed by atoms with Crippen molar-refractivity contribution in [1.82, 2.24) is 14.9 Å². The molecule has 35 heavy (non-hydrogen) atoms. The van der Waals surface area contributed by atoms with E-state index in [1.165, 1.54) is 18.9 Å². The third-order valence-corrected chi connectivity index (χ3v) is 6.92. The van der Waals surface area contributed by atoms with Gasteiger partial charge in [0.05, 0.1) is 18.7 Å². The number of aromatic nitrogens is 3. The summed E-state index contributed by atoms with van der Waals surface area (Å²) in [6.45, 7) is 1.98. The van der Waals surface area contributed by atoms with E-state index in [-0.39, 0.29) is 5.91 Å². The molecule has 0 unspecified atom stereocenters. The van der Waals surface area contributed by atoms with Gasteiger partial charge in [-0.25, -0.2) is 9.47 Å². The summed E-state index contributed by atoms with van der Waals surface area (Å²) in [6.07, 6.45) is 0. The minimum Gasteiger partial charge on any atom is -0.465 e. The fourth-order valence-corrected chi connectivity index (χ4v) is 5.04. The summed E-state index contributed by atoms with van der Waals surface area (Å²) in [5, 5.41) is 11.8. The van der Waals surface area contributed by atoms with Crippen LogP contribution in [0.4, 0.5) is 5.69 Å². The summed E-state index contributed by atoms with van der Waals surface area (Å²) in [5.41, 5.74) is 7.41. The maximum Gasteiger partial charge on any atom is 0.337 e. The van der Waals surface area contributed by atoms with Crippen LogP contribution in [0, 0.1) is 6.92 Å². The molecule has 1 aromatic heterocycles. The zero-order chi connectivity index (χ0) is 24.4. The number of carbonyl (C=O) groups excluding carboxylic acids is 2. The first-order valence-corrected chi connectivity index (χ1v) is 11.9. The number of hydrogen-bond acceptors (Lipinski definition) is 7. The molecule has 0 radical (unpaired) electrons. The van der Waals surface area contributed by atoms with Crippen molar-refractivity contribution in [3.05, 3.63) is 95.6 Å². The van der Waals surface area contributed by atoms with Gasteiger partial charge in [-0.2, -0.15) is 0 Å². The molecular weight excluding hydrogens is 462 g/mol. The van der Waals surface area contributed by atoms with Crippen LogP contribution in [-0.2, 0) is 9.53 Å². The molecule has 1 amide bonds. The van der Waals surface area contributed by atoms with Crippen LogP contribution in [0.3, 0.4) is 0 Å². The highest BCUT2D eigenvalue weighted by atomic mass is 32.2. The summed E-state index contributed by atoms with van der Waals surface area (Å²) in [5.74, 6) is 0.0798. The molecule has 2 heterocycles. The van der Waals surface area contributed by atoms with E-state index in [1.54, 1.807) is 12.1 Å². The second-order valence-electron chi connectivity index (χ2n) is 8.13. The average molecular weight is 486 g/mol. The van der Waals surface area contributed by atoms with Crippen molar-refractivity contribution < 1.29 is 14.3 Å². The summed E-state index contributed by atoms with van der Waals surface area (Å²) < 4.78 is 6.63. The van der Waals surface area contributed by atoms with Crippen LogP contribution >= 0.6 is 11.8 Å². The first-order chi connectivity index (χ1) is 17.0. The lowest BCUT2D eigenvalue weighted by atomic mass is 10.0. The van der Waals surface area contributed by atoms with Gasteiger partial charge < -0.3 is 15.5 Å². The number of hydrogen-bond donors (Lipinski definition) is 2. The summed E-state index contributed by atoms with van der Waals surface area (Å²) in [4.78, 5) is 25.4. The van der Waals surface area contributed by atoms with E-state index in [2.05, 4.69) is 20.9 Å². The maximum atomic E-state index is 13.5. The fraction of sp³-hybridized carbons (Fsp3) is 0.154. The van der Waals surface area contributed by atoms with Crippen LogP contribution in [0.25, 0.3) is 11.4 Å². The molecule has 176 valence electrons. The van der Waals surface area contributed by atoms with Gasteiger partial charge in [-0.15, -0.1) is 10.2 Å². The van der Waals surface area contributed by atoms with Gasteiger partial charge >= 0.3 is 5.97 Å². The Morgan fingerprint density at radius 3 is 2.49 bits per heavy atom. The van der Waals surface area contributed by atoms with Crippen LogP contribution in [-0.4, -0.2) is 39.1 Å². The number of ether oxygens (including phenoxy) is 1. The van der Waals surface area contributed by atoms with Gasteiger partial charge in [0.1, 0.15) is 5.25 Å². The van der Waals surface area contributed by atoms with Crippen LogP contribution < -0.4 is 10.7 Å². The maximum absolute atomic E-state index is 13.5. The molecule has 0 saturated heterocycles. The van der Waals surface area contributed by atoms with Crippen LogP contribution in [0.1, 0.15) is 27.5 Å². The molecular formula is C26H23N5O3S. The molecule has 0 saturated carbocycles. The number of aryl methyl sites for hydroxylation is 1. The number of nitrogens with zero attached hydrogens (tertiary/aromatic N) is 3. The molecule has 0 aliphatic carbocycles. The van der Waals surface area contributed by atoms with Crippen molar-refractivity contribution in [3.8, 4) is 11.4 Å². The lowest BCUT2D eigenvalue weighted by molar-refractivity contribution is -0.116. The zero-order valence-corrected chi connectivity index (χ0v) is 20.0. The number of thioether (sulfide) groups is 1. The molecule has 2 N–H and O–H groups in total. The van der Waals surface area contributed by atoms with E-state index in [9.17, 15) is 9.59 Å². The fourth-order valence-electron chi connectivity index (χ4n) is 3.96. The highest BCUT2D eigenvalue weighted by molar-refractivity contribution is 8.00. The van der Waals surface area contributed by atoms with Gasteiger partial charge in [0.15, 0.2) is 5.82 Å². The molecule has 1 aliphatic rings.